The number of hydrogen-bond acceptors (Lipinski definition) is 3. The van der Waals surface area contributed by atoms with Crippen LogP contribution in [-0.4, -0.2) is 27.4 Å². The summed E-state index contributed by atoms with van der Waals surface area (Å²) in [7, 11) is 0. The summed E-state index contributed by atoms with van der Waals surface area (Å²) in [5.41, 5.74) is 0. The summed E-state index contributed by atoms with van der Waals surface area (Å²) < 4.78 is 2.00. The fourth-order valence-corrected chi connectivity index (χ4v) is 3.68. The molecule has 0 aromatic carbocycles. The highest BCUT2D eigenvalue weighted by Gasteiger charge is 2.34. The molecule has 104 valence electrons. The Bertz CT molecular complexity index is 442. The van der Waals surface area contributed by atoms with Crippen molar-refractivity contribution in [1.82, 2.24) is 14.9 Å². The van der Waals surface area contributed by atoms with Crippen LogP contribution in [0.3, 0.4) is 0 Å². The first kappa shape index (κ1) is 12.9. The topological polar surface area (TPSA) is 46.9 Å². The van der Waals surface area contributed by atoms with Crippen molar-refractivity contribution in [3.8, 4) is 0 Å². The molecule has 2 fully saturated rings. The molecule has 1 aromatic heterocycles. The van der Waals surface area contributed by atoms with Crippen molar-refractivity contribution in [2.45, 2.75) is 64.1 Å². The largest absolute Gasteiger partial charge is 0.329 e. The molecule has 2 bridgehead atoms. The van der Waals surface area contributed by atoms with Crippen LogP contribution in [-0.2, 0) is 6.54 Å². The fourth-order valence-electron chi connectivity index (χ4n) is 3.68. The van der Waals surface area contributed by atoms with Crippen molar-refractivity contribution in [1.29, 1.82) is 0 Å². The lowest BCUT2D eigenvalue weighted by Gasteiger charge is -2.28. The smallest absolute Gasteiger partial charge is 0.198 e. The van der Waals surface area contributed by atoms with E-state index in [0.717, 1.165) is 25.8 Å². The second kappa shape index (κ2) is 5.45. The highest BCUT2D eigenvalue weighted by Crippen LogP contribution is 2.33. The van der Waals surface area contributed by atoms with Gasteiger partial charge in [0.05, 0.1) is 0 Å². The van der Waals surface area contributed by atoms with Gasteiger partial charge in [-0.1, -0.05) is 6.92 Å². The van der Waals surface area contributed by atoms with E-state index in [1.807, 2.05) is 10.8 Å². The van der Waals surface area contributed by atoms with Gasteiger partial charge in [0.1, 0.15) is 0 Å². The van der Waals surface area contributed by atoms with Gasteiger partial charge in [-0.3, -0.25) is 4.79 Å². The Labute approximate surface area is 114 Å². The molecule has 0 spiro atoms. The van der Waals surface area contributed by atoms with Gasteiger partial charge in [0.15, 0.2) is 11.6 Å². The molecule has 2 unspecified atom stereocenters. The van der Waals surface area contributed by atoms with Crippen molar-refractivity contribution in [3.05, 3.63) is 18.2 Å². The van der Waals surface area contributed by atoms with Crippen LogP contribution in [0.2, 0.25) is 0 Å². The van der Waals surface area contributed by atoms with E-state index < -0.39 is 0 Å². The average Bonchev–Trinajstić information content (AvgIpc) is 2.97. The number of hydrogen-bond donors (Lipinski definition) is 1. The standard InChI is InChI=1S/C15H23N3O/c1-2-6-18-7-5-16-15(18)14(19)10-11-8-12-3-4-13(9-11)17-12/h5,7,11-13,17H,2-4,6,8-10H2,1H3. The van der Waals surface area contributed by atoms with Crippen LogP contribution in [0.5, 0.6) is 0 Å². The van der Waals surface area contributed by atoms with Gasteiger partial charge in [0.25, 0.3) is 0 Å². The molecule has 0 amide bonds. The van der Waals surface area contributed by atoms with Gasteiger partial charge in [-0.15, -0.1) is 0 Å². The summed E-state index contributed by atoms with van der Waals surface area (Å²) in [5, 5.41) is 3.63. The Balaban J connectivity index is 1.63. The first-order chi connectivity index (χ1) is 9.26. The molecule has 0 aliphatic carbocycles. The molecule has 0 radical (unpaired) electrons. The van der Waals surface area contributed by atoms with E-state index in [-0.39, 0.29) is 5.78 Å². The zero-order chi connectivity index (χ0) is 13.2. The summed E-state index contributed by atoms with van der Waals surface area (Å²) in [4.78, 5) is 16.7. The van der Waals surface area contributed by atoms with E-state index >= 15 is 0 Å². The fraction of sp³-hybridized carbons (Fsp3) is 0.733. The van der Waals surface area contributed by atoms with Crippen LogP contribution in [0.25, 0.3) is 0 Å². The van der Waals surface area contributed by atoms with Crippen LogP contribution >= 0.6 is 0 Å². The van der Waals surface area contributed by atoms with Crippen LogP contribution in [0.4, 0.5) is 0 Å². The number of piperidine rings is 1. The van der Waals surface area contributed by atoms with Gasteiger partial charge in [-0.2, -0.15) is 0 Å². The molecule has 19 heavy (non-hydrogen) atoms. The number of imidazole rings is 1. The van der Waals surface area contributed by atoms with Gasteiger partial charge in [0, 0.05) is 37.4 Å². The minimum atomic E-state index is 0.227. The number of nitrogens with one attached hydrogen (secondary N) is 1. The van der Waals surface area contributed by atoms with Crippen molar-refractivity contribution in [2.24, 2.45) is 5.92 Å². The van der Waals surface area contributed by atoms with Gasteiger partial charge in [-0.05, 0) is 38.0 Å². The summed E-state index contributed by atoms with van der Waals surface area (Å²) in [6.07, 6.45) is 10.3. The maximum absolute atomic E-state index is 12.4. The number of aryl methyl sites for hydroxylation is 1. The van der Waals surface area contributed by atoms with Crippen molar-refractivity contribution in [2.75, 3.05) is 0 Å². The van der Waals surface area contributed by atoms with Crippen molar-refractivity contribution >= 4 is 5.78 Å². The quantitative estimate of drug-likeness (QED) is 0.828. The Hall–Kier alpha value is -1.16. The number of fused-ring (bicyclic) bond motifs is 2. The maximum atomic E-state index is 12.4. The minimum Gasteiger partial charge on any atom is -0.329 e. The molecule has 2 aliphatic heterocycles. The van der Waals surface area contributed by atoms with Gasteiger partial charge in [-0.25, -0.2) is 4.98 Å². The number of rotatable bonds is 5. The molecule has 4 nitrogen and oxygen atoms in total. The second-order valence-corrected chi connectivity index (χ2v) is 6.05. The third-order valence-corrected chi connectivity index (χ3v) is 4.47. The Morgan fingerprint density at radius 1 is 1.42 bits per heavy atom. The first-order valence-electron chi connectivity index (χ1n) is 7.56. The van der Waals surface area contributed by atoms with Crippen LogP contribution in [0, 0.1) is 5.92 Å². The maximum Gasteiger partial charge on any atom is 0.198 e. The van der Waals surface area contributed by atoms with E-state index in [1.165, 1.54) is 12.8 Å². The highest BCUT2D eigenvalue weighted by molar-refractivity contribution is 5.92. The Morgan fingerprint density at radius 3 is 2.84 bits per heavy atom. The number of Topliss-reactive ketones (excluding diaryl/α,β-unsaturated/α-hetero) is 1. The number of carbonyl (C=O) groups excluding carboxylic acids is 1. The summed E-state index contributed by atoms with van der Waals surface area (Å²) in [6, 6.07) is 1.32. The molecule has 3 heterocycles. The molecule has 2 saturated heterocycles. The lowest BCUT2D eigenvalue weighted by Crippen LogP contribution is -2.38. The van der Waals surface area contributed by atoms with Crippen LogP contribution in [0.1, 0.15) is 56.1 Å². The zero-order valence-corrected chi connectivity index (χ0v) is 11.6. The molecular formula is C15H23N3O. The zero-order valence-electron chi connectivity index (χ0n) is 11.6. The van der Waals surface area contributed by atoms with Crippen LogP contribution in [0.15, 0.2) is 12.4 Å². The normalized spacial score (nSPS) is 29.6. The van der Waals surface area contributed by atoms with Crippen molar-refractivity contribution in [3.63, 3.8) is 0 Å². The van der Waals surface area contributed by atoms with Crippen molar-refractivity contribution < 1.29 is 4.79 Å². The third kappa shape index (κ3) is 2.73. The van der Waals surface area contributed by atoms with Gasteiger partial charge in [0.2, 0.25) is 0 Å². The molecule has 3 rings (SSSR count). The van der Waals surface area contributed by atoms with Gasteiger partial charge < -0.3 is 9.88 Å². The monoisotopic (exact) mass is 261 g/mol. The molecule has 1 N–H and O–H groups in total. The average molecular weight is 261 g/mol. The summed E-state index contributed by atoms with van der Waals surface area (Å²) >= 11 is 0. The van der Waals surface area contributed by atoms with E-state index in [0.29, 0.717) is 30.2 Å². The summed E-state index contributed by atoms with van der Waals surface area (Å²) in [6.45, 7) is 3.01. The predicted molar refractivity (Wildman–Crippen MR) is 74.1 cm³/mol. The molecule has 4 heteroatoms. The lowest BCUT2D eigenvalue weighted by molar-refractivity contribution is 0.0931. The number of aromatic nitrogens is 2. The Kier molecular flexibility index (Phi) is 3.69. The number of carbonyl (C=O) groups is 1. The SMILES string of the molecule is CCCn1ccnc1C(=O)CC1CC2CCC(C1)N2. The van der Waals surface area contributed by atoms with Crippen LogP contribution < -0.4 is 5.32 Å². The number of ketones is 1. The molecule has 2 aliphatic rings. The molecule has 0 saturated carbocycles. The molecule has 2 atom stereocenters. The first-order valence-corrected chi connectivity index (χ1v) is 7.56. The lowest BCUT2D eigenvalue weighted by atomic mass is 9.88. The number of nitrogens with zero attached hydrogens (tertiary/aromatic N) is 2. The molecular weight excluding hydrogens is 238 g/mol. The summed E-state index contributed by atoms with van der Waals surface area (Å²) in [5.74, 6) is 1.44. The van der Waals surface area contributed by atoms with Gasteiger partial charge >= 0.3 is 0 Å². The minimum absolute atomic E-state index is 0.227. The Morgan fingerprint density at radius 2 is 2.16 bits per heavy atom. The third-order valence-electron chi connectivity index (χ3n) is 4.47. The van der Waals surface area contributed by atoms with E-state index in [2.05, 4.69) is 17.2 Å². The van der Waals surface area contributed by atoms with E-state index in [1.54, 1.807) is 6.20 Å². The second-order valence-electron chi connectivity index (χ2n) is 6.05. The van der Waals surface area contributed by atoms with E-state index in [9.17, 15) is 4.79 Å². The predicted octanol–water partition coefficient (Wildman–Crippen LogP) is 2.40. The molecule has 1 aromatic rings. The highest BCUT2D eigenvalue weighted by atomic mass is 16.1. The van der Waals surface area contributed by atoms with E-state index in [4.69, 9.17) is 0 Å².